The summed E-state index contributed by atoms with van der Waals surface area (Å²) >= 11 is 0. The van der Waals surface area contributed by atoms with Gasteiger partial charge in [-0.2, -0.15) is 0 Å². The standard InChI is InChI=1S/C18H28N4O3.HI/c1-3-24-18(23)22-12-9-15(10-13-22)21-17(19-2)20-11-14-25-16-7-5-4-6-8-16;/h4-8,15H,3,9-14H2,1-2H3,(H2,19,20,21);1H. The Kier molecular flexibility index (Phi) is 10.8. The van der Waals surface area contributed by atoms with Crippen LogP contribution in [0.25, 0.3) is 0 Å². The average molecular weight is 476 g/mol. The third kappa shape index (κ3) is 7.67. The minimum absolute atomic E-state index is 0. The summed E-state index contributed by atoms with van der Waals surface area (Å²) < 4.78 is 10.7. The molecular formula is C18H29IN4O3. The zero-order chi connectivity index (χ0) is 17.9. The molecular weight excluding hydrogens is 447 g/mol. The molecule has 26 heavy (non-hydrogen) atoms. The number of aliphatic imine (C=N–C) groups is 1. The largest absolute Gasteiger partial charge is 0.492 e. The van der Waals surface area contributed by atoms with Crippen molar-refractivity contribution in [3.63, 3.8) is 0 Å². The molecule has 1 aromatic carbocycles. The predicted octanol–water partition coefficient (Wildman–Crippen LogP) is 2.47. The number of carbonyl (C=O) groups is 1. The zero-order valence-electron chi connectivity index (χ0n) is 15.4. The predicted molar refractivity (Wildman–Crippen MR) is 113 cm³/mol. The van der Waals surface area contributed by atoms with E-state index in [0.717, 1.165) is 24.6 Å². The van der Waals surface area contributed by atoms with Crippen molar-refractivity contribution in [1.29, 1.82) is 0 Å². The second-order valence-corrected chi connectivity index (χ2v) is 5.77. The Bertz CT molecular complexity index is 549. The Hall–Kier alpha value is -1.71. The molecule has 0 aliphatic carbocycles. The van der Waals surface area contributed by atoms with Gasteiger partial charge in [0.2, 0.25) is 0 Å². The Balaban J connectivity index is 0.00000338. The lowest BCUT2D eigenvalue weighted by atomic mass is 10.1. The molecule has 1 aliphatic heterocycles. The van der Waals surface area contributed by atoms with Crippen LogP contribution in [0.15, 0.2) is 35.3 Å². The number of para-hydroxylation sites is 1. The number of hydrogen-bond acceptors (Lipinski definition) is 4. The molecule has 1 amide bonds. The van der Waals surface area contributed by atoms with Crippen LogP contribution in [0.4, 0.5) is 4.79 Å². The third-order valence-electron chi connectivity index (χ3n) is 3.99. The highest BCUT2D eigenvalue weighted by Gasteiger charge is 2.23. The second-order valence-electron chi connectivity index (χ2n) is 5.77. The van der Waals surface area contributed by atoms with Gasteiger partial charge in [0.05, 0.1) is 13.2 Å². The molecule has 2 N–H and O–H groups in total. The molecule has 0 radical (unpaired) electrons. The maximum absolute atomic E-state index is 11.7. The van der Waals surface area contributed by atoms with Crippen LogP contribution in [0.2, 0.25) is 0 Å². The Labute approximate surface area is 172 Å². The van der Waals surface area contributed by atoms with Crippen LogP contribution in [-0.4, -0.2) is 62.9 Å². The first kappa shape index (κ1) is 22.3. The molecule has 0 bridgehead atoms. The Morgan fingerprint density at radius 1 is 1.27 bits per heavy atom. The van der Waals surface area contributed by atoms with Crippen molar-refractivity contribution < 1.29 is 14.3 Å². The van der Waals surface area contributed by atoms with Crippen LogP contribution in [-0.2, 0) is 4.74 Å². The smallest absolute Gasteiger partial charge is 0.409 e. The molecule has 7 nitrogen and oxygen atoms in total. The quantitative estimate of drug-likeness (QED) is 0.286. The van der Waals surface area contributed by atoms with Gasteiger partial charge in [0.15, 0.2) is 5.96 Å². The van der Waals surface area contributed by atoms with Gasteiger partial charge in [0, 0.05) is 26.2 Å². The number of carbonyl (C=O) groups excluding carboxylic acids is 1. The molecule has 146 valence electrons. The van der Waals surface area contributed by atoms with Gasteiger partial charge in [-0.25, -0.2) is 4.79 Å². The lowest BCUT2D eigenvalue weighted by Gasteiger charge is -2.32. The van der Waals surface area contributed by atoms with Gasteiger partial charge in [0.25, 0.3) is 0 Å². The van der Waals surface area contributed by atoms with E-state index >= 15 is 0 Å². The SMILES string of the molecule is CCOC(=O)N1CCC(NC(=NC)NCCOc2ccccc2)CC1.I. The average Bonchev–Trinajstić information content (AvgIpc) is 2.65. The van der Waals surface area contributed by atoms with E-state index in [-0.39, 0.29) is 30.1 Å². The number of rotatable bonds is 6. The molecule has 8 heteroatoms. The number of likely N-dealkylation sites (tertiary alicyclic amines) is 1. The number of nitrogens with zero attached hydrogens (tertiary/aromatic N) is 2. The molecule has 0 atom stereocenters. The number of benzene rings is 1. The fraction of sp³-hybridized carbons (Fsp3) is 0.556. The van der Waals surface area contributed by atoms with E-state index in [2.05, 4.69) is 15.6 Å². The summed E-state index contributed by atoms with van der Waals surface area (Å²) in [5, 5.41) is 6.65. The van der Waals surface area contributed by atoms with Gasteiger partial charge < -0.3 is 25.0 Å². The zero-order valence-corrected chi connectivity index (χ0v) is 17.8. The van der Waals surface area contributed by atoms with Gasteiger partial charge >= 0.3 is 6.09 Å². The summed E-state index contributed by atoms with van der Waals surface area (Å²) in [5.41, 5.74) is 0. The lowest BCUT2D eigenvalue weighted by Crippen LogP contribution is -2.50. The molecule has 0 saturated carbocycles. The van der Waals surface area contributed by atoms with Crippen LogP contribution < -0.4 is 15.4 Å². The van der Waals surface area contributed by atoms with E-state index in [0.29, 0.717) is 38.9 Å². The minimum Gasteiger partial charge on any atom is -0.492 e. The number of hydrogen-bond donors (Lipinski definition) is 2. The summed E-state index contributed by atoms with van der Waals surface area (Å²) in [6.07, 6.45) is 1.53. The molecule has 0 aromatic heterocycles. The first-order valence-electron chi connectivity index (χ1n) is 8.79. The maximum atomic E-state index is 11.7. The number of guanidine groups is 1. The number of halogens is 1. The van der Waals surface area contributed by atoms with Gasteiger partial charge in [-0.3, -0.25) is 4.99 Å². The van der Waals surface area contributed by atoms with Crippen molar-refractivity contribution in [3.8, 4) is 5.75 Å². The molecule has 1 fully saturated rings. The fourth-order valence-corrected chi connectivity index (χ4v) is 2.66. The van der Waals surface area contributed by atoms with Crippen LogP contribution in [0.3, 0.4) is 0 Å². The summed E-state index contributed by atoms with van der Waals surface area (Å²) in [7, 11) is 1.75. The third-order valence-corrected chi connectivity index (χ3v) is 3.99. The van der Waals surface area contributed by atoms with Crippen molar-refractivity contribution in [2.75, 3.05) is 39.9 Å². The van der Waals surface area contributed by atoms with Crippen LogP contribution in [0, 0.1) is 0 Å². The van der Waals surface area contributed by atoms with E-state index in [4.69, 9.17) is 9.47 Å². The second kappa shape index (κ2) is 12.6. The molecule has 1 saturated heterocycles. The van der Waals surface area contributed by atoms with Gasteiger partial charge in [0.1, 0.15) is 12.4 Å². The van der Waals surface area contributed by atoms with Gasteiger partial charge in [-0.1, -0.05) is 18.2 Å². The number of ether oxygens (including phenoxy) is 2. The van der Waals surface area contributed by atoms with Crippen LogP contribution in [0.5, 0.6) is 5.75 Å². The highest BCUT2D eigenvalue weighted by molar-refractivity contribution is 14.0. The lowest BCUT2D eigenvalue weighted by molar-refractivity contribution is 0.0963. The molecule has 1 aromatic rings. The maximum Gasteiger partial charge on any atom is 0.409 e. The van der Waals surface area contributed by atoms with Crippen molar-refractivity contribution >= 4 is 36.0 Å². The first-order valence-corrected chi connectivity index (χ1v) is 8.79. The van der Waals surface area contributed by atoms with Crippen molar-refractivity contribution in [2.24, 2.45) is 4.99 Å². The fourth-order valence-electron chi connectivity index (χ4n) is 2.66. The minimum atomic E-state index is -0.221. The summed E-state index contributed by atoms with van der Waals surface area (Å²) in [6, 6.07) is 10.0. The van der Waals surface area contributed by atoms with Gasteiger partial charge in [-0.15, -0.1) is 24.0 Å². The van der Waals surface area contributed by atoms with E-state index in [9.17, 15) is 4.79 Å². The van der Waals surface area contributed by atoms with Crippen molar-refractivity contribution in [1.82, 2.24) is 15.5 Å². The summed E-state index contributed by atoms with van der Waals surface area (Å²) in [4.78, 5) is 17.7. The number of piperidine rings is 1. The molecule has 1 aliphatic rings. The number of nitrogens with one attached hydrogen (secondary N) is 2. The summed E-state index contributed by atoms with van der Waals surface area (Å²) in [5.74, 6) is 1.62. The van der Waals surface area contributed by atoms with Crippen LogP contribution in [0.1, 0.15) is 19.8 Å². The molecule has 2 rings (SSSR count). The molecule has 0 unspecified atom stereocenters. The van der Waals surface area contributed by atoms with Gasteiger partial charge in [-0.05, 0) is 31.9 Å². The Morgan fingerprint density at radius 3 is 2.58 bits per heavy atom. The highest BCUT2D eigenvalue weighted by Crippen LogP contribution is 2.11. The van der Waals surface area contributed by atoms with E-state index in [1.54, 1.807) is 11.9 Å². The van der Waals surface area contributed by atoms with E-state index < -0.39 is 0 Å². The van der Waals surface area contributed by atoms with Crippen molar-refractivity contribution in [2.45, 2.75) is 25.8 Å². The van der Waals surface area contributed by atoms with E-state index in [1.165, 1.54) is 0 Å². The topological polar surface area (TPSA) is 75.2 Å². The molecule has 1 heterocycles. The summed E-state index contributed by atoms with van der Waals surface area (Å²) in [6.45, 7) is 4.86. The van der Waals surface area contributed by atoms with Crippen LogP contribution >= 0.6 is 24.0 Å². The van der Waals surface area contributed by atoms with Crippen molar-refractivity contribution in [3.05, 3.63) is 30.3 Å². The monoisotopic (exact) mass is 476 g/mol. The first-order chi connectivity index (χ1) is 12.2. The Morgan fingerprint density at radius 2 is 1.96 bits per heavy atom. The highest BCUT2D eigenvalue weighted by atomic mass is 127. The molecule has 0 spiro atoms. The normalized spacial score (nSPS) is 15.0. The van der Waals surface area contributed by atoms with E-state index in [1.807, 2.05) is 37.3 Å². The number of amides is 1.